The highest BCUT2D eigenvalue weighted by Crippen LogP contribution is 2.40. The number of rotatable bonds is 3. The summed E-state index contributed by atoms with van der Waals surface area (Å²) in [7, 11) is 0. The minimum Gasteiger partial charge on any atom is -0.329 e. The summed E-state index contributed by atoms with van der Waals surface area (Å²) in [4.78, 5) is 0. The highest BCUT2D eigenvalue weighted by Gasteiger charge is 2.39. The highest BCUT2D eigenvalue weighted by molar-refractivity contribution is 5.14. The van der Waals surface area contributed by atoms with Crippen LogP contribution in [0, 0.1) is 6.92 Å². The SMILES string of the molecule is Cc1nnc(C2(CN)CCCC2)n1C(C)C. The largest absolute Gasteiger partial charge is 0.329 e. The van der Waals surface area contributed by atoms with E-state index in [9.17, 15) is 0 Å². The molecule has 0 radical (unpaired) electrons. The van der Waals surface area contributed by atoms with E-state index in [1.54, 1.807) is 0 Å². The van der Waals surface area contributed by atoms with Crippen molar-refractivity contribution in [2.45, 2.75) is 57.9 Å². The molecule has 4 nitrogen and oxygen atoms in total. The fourth-order valence-electron chi connectivity index (χ4n) is 2.92. The average Bonchev–Trinajstić information content (AvgIpc) is 2.84. The van der Waals surface area contributed by atoms with E-state index in [0.29, 0.717) is 12.6 Å². The summed E-state index contributed by atoms with van der Waals surface area (Å²) in [5, 5.41) is 8.63. The second-order valence-electron chi connectivity index (χ2n) is 5.23. The van der Waals surface area contributed by atoms with Gasteiger partial charge in [-0.25, -0.2) is 0 Å². The van der Waals surface area contributed by atoms with E-state index in [2.05, 4.69) is 28.6 Å². The van der Waals surface area contributed by atoms with Gasteiger partial charge in [0.05, 0.1) is 0 Å². The molecule has 0 unspecified atom stereocenters. The molecular weight excluding hydrogens is 200 g/mol. The fourth-order valence-corrected chi connectivity index (χ4v) is 2.92. The molecule has 1 aromatic rings. The van der Waals surface area contributed by atoms with Gasteiger partial charge < -0.3 is 10.3 Å². The predicted molar refractivity (Wildman–Crippen MR) is 64.3 cm³/mol. The minimum atomic E-state index is 0.0888. The molecule has 4 heteroatoms. The number of nitrogens with zero attached hydrogens (tertiary/aromatic N) is 3. The second-order valence-corrected chi connectivity index (χ2v) is 5.23. The van der Waals surface area contributed by atoms with Crippen molar-refractivity contribution in [2.24, 2.45) is 5.73 Å². The molecule has 0 spiro atoms. The molecule has 0 amide bonds. The van der Waals surface area contributed by atoms with E-state index in [-0.39, 0.29) is 5.41 Å². The molecule has 1 aliphatic carbocycles. The quantitative estimate of drug-likeness (QED) is 0.850. The van der Waals surface area contributed by atoms with Crippen LogP contribution in [-0.4, -0.2) is 21.3 Å². The van der Waals surface area contributed by atoms with Gasteiger partial charge in [-0.2, -0.15) is 0 Å². The van der Waals surface area contributed by atoms with E-state index in [1.165, 1.54) is 12.8 Å². The Bertz CT molecular complexity index is 361. The predicted octanol–water partition coefficient (Wildman–Crippen LogP) is 1.94. The first-order valence-corrected chi connectivity index (χ1v) is 6.23. The first-order chi connectivity index (χ1) is 7.60. The van der Waals surface area contributed by atoms with Crippen LogP contribution < -0.4 is 5.73 Å². The normalized spacial score (nSPS) is 19.6. The summed E-state index contributed by atoms with van der Waals surface area (Å²) < 4.78 is 2.25. The van der Waals surface area contributed by atoms with Crippen LogP contribution in [0.25, 0.3) is 0 Å². The zero-order valence-corrected chi connectivity index (χ0v) is 10.5. The van der Waals surface area contributed by atoms with E-state index in [0.717, 1.165) is 24.5 Å². The summed E-state index contributed by atoms with van der Waals surface area (Å²) in [5.41, 5.74) is 6.09. The van der Waals surface area contributed by atoms with Gasteiger partial charge in [-0.3, -0.25) is 0 Å². The third-order valence-electron chi connectivity index (χ3n) is 3.81. The summed E-state index contributed by atoms with van der Waals surface area (Å²) in [6.45, 7) is 7.07. The number of aryl methyl sites for hydroxylation is 1. The minimum absolute atomic E-state index is 0.0888. The Hall–Kier alpha value is -0.900. The van der Waals surface area contributed by atoms with Crippen molar-refractivity contribution in [2.75, 3.05) is 6.54 Å². The molecule has 0 bridgehead atoms. The summed E-state index contributed by atoms with van der Waals surface area (Å²) in [6, 6.07) is 0.411. The Morgan fingerprint density at radius 1 is 1.31 bits per heavy atom. The van der Waals surface area contributed by atoms with Crippen molar-refractivity contribution >= 4 is 0 Å². The fraction of sp³-hybridized carbons (Fsp3) is 0.833. The number of nitrogens with two attached hydrogens (primary N) is 1. The maximum absolute atomic E-state index is 6.00. The molecule has 2 N–H and O–H groups in total. The molecule has 0 aromatic carbocycles. The molecule has 1 aromatic heterocycles. The van der Waals surface area contributed by atoms with E-state index < -0.39 is 0 Å². The van der Waals surface area contributed by atoms with Crippen molar-refractivity contribution in [3.8, 4) is 0 Å². The maximum atomic E-state index is 6.00. The average molecular weight is 222 g/mol. The lowest BCUT2D eigenvalue weighted by Gasteiger charge is -2.28. The van der Waals surface area contributed by atoms with Crippen molar-refractivity contribution < 1.29 is 0 Å². The molecule has 1 heterocycles. The lowest BCUT2D eigenvalue weighted by molar-refractivity contribution is 0.387. The van der Waals surface area contributed by atoms with Crippen LogP contribution in [0.1, 0.15) is 57.2 Å². The summed E-state index contributed by atoms with van der Waals surface area (Å²) in [5.74, 6) is 2.12. The summed E-state index contributed by atoms with van der Waals surface area (Å²) in [6.07, 6.45) is 4.85. The zero-order valence-electron chi connectivity index (χ0n) is 10.5. The van der Waals surface area contributed by atoms with Gasteiger partial charge in [0, 0.05) is 18.0 Å². The van der Waals surface area contributed by atoms with Crippen LogP contribution in [0.5, 0.6) is 0 Å². The Morgan fingerprint density at radius 2 is 1.94 bits per heavy atom. The molecule has 1 fully saturated rings. The van der Waals surface area contributed by atoms with E-state index in [1.807, 2.05) is 6.92 Å². The molecule has 0 saturated heterocycles. The van der Waals surface area contributed by atoms with Crippen LogP contribution >= 0.6 is 0 Å². The van der Waals surface area contributed by atoms with Gasteiger partial charge in [-0.15, -0.1) is 10.2 Å². The Morgan fingerprint density at radius 3 is 2.44 bits per heavy atom. The van der Waals surface area contributed by atoms with Gasteiger partial charge in [-0.05, 0) is 33.6 Å². The Balaban J connectivity index is 2.46. The number of hydrogen-bond acceptors (Lipinski definition) is 3. The topological polar surface area (TPSA) is 56.7 Å². The molecule has 0 aliphatic heterocycles. The first-order valence-electron chi connectivity index (χ1n) is 6.23. The van der Waals surface area contributed by atoms with Gasteiger partial charge in [0.15, 0.2) is 0 Å². The van der Waals surface area contributed by atoms with Crippen molar-refractivity contribution in [3.05, 3.63) is 11.6 Å². The van der Waals surface area contributed by atoms with Crippen LogP contribution in [0.15, 0.2) is 0 Å². The monoisotopic (exact) mass is 222 g/mol. The third-order valence-corrected chi connectivity index (χ3v) is 3.81. The van der Waals surface area contributed by atoms with E-state index in [4.69, 9.17) is 5.73 Å². The Kier molecular flexibility index (Phi) is 3.02. The van der Waals surface area contributed by atoms with Gasteiger partial charge in [0.2, 0.25) is 0 Å². The lowest BCUT2D eigenvalue weighted by atomic mass is 9.85. The molecule has 1 aliphatic rings. The lowest BCUT2D eigenvalue weighted by Crippen LogP contribution is -2.35. The summed E-state index contributed by atoms with van der Waals surface area (Å²) >= 11 is 0. The van der Waals surface area contributed by atoms with Crippen LogP contribution in [0.4, 0.5) is 0 Å². The molecule has 90 valence electrons. The standard InChI is InChI=1S/C12H22N4/c1-9(2)16-10(3)14-15-11(16)12(8-13)6-4-5-7-12/h9H,4-8,13H2,1-3H3. The molecule has 1 saturated carbocycles. The maximum Gasteiger partial charge on any atom is 0.140 e. The molecule has 16 heavy (non-hydrogen) atoms. The smallest absolute Gasteiger partial charge is 0.140 e. The Labute approximate surface area is 97.2 Å². The van der Waals surface area contributed by atoms with Gasteiger partial charge in [-0.1, -0.05) is 12.8 Å². The first kappa shape index (κ1) is 11.6. The number of aromatic nitrogens is 3. The van der Waals surface area contributed by atoms with Crippen LogP contribution in [0.2, 0.25) is 0 Å². The van der Waals surface area contributed by atoms with Gasteiger partial charge in [0.1, 0.15) is 11.6 Å². The molecular formula is C12H22N4. The number of hydrogen-bond donors (Lipinski definition) is 1. The van der Waals surface area contributed by atoms with Crippen molar-refractivity contribution in [1.82, 2.24) is 14.8 Å². The zero-order chi connectivity index (χ0) is 11.8. The second kappa shape index (κ2) is 4.17. The third kappa shape index (κ3) is 1.65. The molecule has 2 rings (SSSR count). The highest BCUT2D eigenvalue weighted by atomic mass is 15.3. The molecule has 0 atom stereocenters. The van der Waals surface area contributed by atoms with Crippen LogP contribution in [0.3, 0.4) is 0 Å². The van der Waals surface area contributed by atoms with Crippen LogP contribution in [-0.2, 0) is 5.41 Å². The van der Waals surface area contributed by atoms with Gasteiger partial charge in [0.25, 0.3) is 0 Å². The van der Waals surface area contributed by atoms with E-state index >= 15 is 0 Å². The van der Waals surface area contributed by atoms with Crippen molar-refractivity contribution in [1.29, 1.82) is 0 Å². The van der Waals surface area contributed by atoms with Crippen molar-refractivity contribution in [3.63, 3.8) is 0 Å². The van der Waals surface area contributed by atoms with Gasteiger partial charge >= 0.3 is 0 Å².